The van der Waals surface area contributed by atoms with Crippen molar-refractivity contribution in [1.29, 1.82) is 0 Å². The number of benzene rings is 1. The third-order valence-electron chi connectivity index (χ3n) is 2.96. The van der Waals surface area contributed by atoms with Crippen molar-refractivity contribution in [3.05, 3.63) is 41.2 Å². The zero-order valence-corrected chi connectivity index (χ0v) is 15.3. The molecule has 1 aromatic carbocycles. The Morgan fingerprint density at radius 3 is 2.70 bits per heavy atom. The van der Waals surface area contributed by atoms with Gasteiger partial charge in [0.05, 0.1) is 6.20 Å². The summed E-state index contributed by atoms with van der Waals surface area (Å²) < 4.78 is 13.7. The number of thiazole rings is 1. The minimum atomic E-state index is -0.334. The van der Waals surface area contributed by atoms with E-state index in [1.807, 2.05) is 13.8 Å². The summed E-state index contributed by atoms with van der Waals surface area (Å²) in [5, 5.41) is 6.56. The van der Waals surface area contributed by atoms with Gasteiger partial charge in [-0.25, -0.2) is 9.37 Å². The second-order valence-electron chi connectivity index (χ2n) is 4.68. The molecule has 0 radical (unpaired) electrons. The van der Waals surface area contributed by atoms with E-state index in [2.05, 4.69) is 15.6 Å². The summed E-state index contributed by atoms with van der Waals surface area (Å²) in [7, 11) is 0. The summed E-state index contributed by atoms with van der Waals surface area (Å²) in [6, 6.07) is 6.62. The van der Waals surface area contributed by atoms with E-state index in [9.17, 15) is 9.18 Å². The van der Waals surface area contributed by atoms with E-state index in [1.165, 1.54) is 23.6 Å². The highest BCUT2D eigenvalue weighted by molar-refractivity contribution is 7.16. The predicted octanol–water partition coefficient (Wildman–Crippen LogP) is 3.52. The number of aromatic nitrogens is 1. The van der Waals surface area contributed by atoms with E-state index in [-0.39, 0.29) is 42.6 Å². The van der Waals surface area contributed by atoms with Crippen LogP contribution in [-0.2, 0) is 0 Å². The topological polar surface area (TPSA) is 54.0 Å². The van der Waals surface area contributed by atoms with Gasteiger partial charge in [-0.05, 0) is 25.6 Å². The maximum atomic E-state index is 13.7. The molecule has 1 atom stereocenters. The van der Waals surface area contributed by atoms with Gasteiger partial charge >= 0.3 is 0 Å². The molecule has 128 valence electrons. The van der Waals surface area contributed by atoms with Gasteiger partial charge in [-0.2, -0.15) is 0 Å². The van der Waals surface area contributed by atoms with E-state index in [4.69, 9.17) is 0 Å². The maximum Gasteiger partial charge on any atom is 0.263 e. The molecule has 2 N–H and O–H groups in total. The fourth-order valence-electron chi connectivity index (χ4n) is 1.89. The van der Waals surface area contributed by atoms with Crippen LogP contribution in [0.25, 0.3) is 10.6 Å². The van der Waals surface area contributed by atoms with E-state index in [0.29, 0.717) is 22.0 Å². The Hall–Kier alpha value is -1.21. The monoisotopic (exact) mass is 379 g/mol. The van der Waals surface area contributed by atoms with Crippen LogP contribution in [0.2, 0.25) is 0 Å². The lowest BCUT2D eigenvalue weighted by Gasteiger charge is -2.12. The molecule has 2 aromatic rings. The Balaban J connectivity index is 0.00000242. The van der Waals surface area contributed by atoms with E-state index < -0.39 is 0 Å². The van der Waals surface area contributed by atoms with Crippen LogP contribution in [0.1, 0.15) is 23.5 Å². The third-order valence-corrected chi connectivity index (χ3v) is 3.98. The first-order chi connectivity index (χ1) is 10.1. The molecule has 0 aliphatic carbocycles. The molecule has 2 rings (SSSR count). The number of carbonyl (C=O) groups excluding carboxylic acids is 1. The smallest absolute Gasteiger partial charge is 0.263 e. The van der Waals surface area contributed by atoms with Gasteiger partial charge in [0.15, 0.2) is 0 Å². The van der Waals surface area contributed by atoms with Crippen molar-refractivity contribution in [3.63, 3.8) is 0 Å². The largest absolute Gasteiger partial charge is 0.350 e. The molecule has 0 saturated heterocycles. The summed E-state index contributed by atoms with van der Waals surface area (Å²) in [4.78, 5) is 16.6. The van der Waals surface area contributed by atoms with Crippen molar-refractivity contribution in [3.8, 4) is 10.6 Å². The van der Waals surface area contributed by atoms with Crippen molar-refractivity contribution in [2.75, 3.05) is 13.1 Å². The average molecular weight is 380 g/mol. The molecule has 1 amide bonds. The highest BCUT2D eigenvalue weighted by atomic mass is 35.5. The molecule has 1 aromatic heterocycles. The van der Waals surface area contributed by atoms with Crippen LogP contribution in [0, 0.1) is 5.82 Å². The molecule has 23 heavy (non-hydrogen) atoms. The molecule has 0 fully saturated rings. The predicted molar refractivity (Wildman–Crippen MR) is 97.5 cm³/mol. The zero-order valence-electron chi connectivity index (χ0n) is 12.8. The van der Waals surface area contributed by atoms with Crippen LogP contribution in [0.15, 0.2) is 30.5 Å². The summed E-state index contributed by atoms with van der Waals surface area (Å²) in [6.07, 6.45) is 1.49. The Morgan fingerprint density at radius 2 is 2.04 bits per heavy atom. The molecule has 0 saturated carbocycles. The van der Waals surface area contributed by atoms with Gasteiger partial charge in [0.2, 0.25) is 0 Å². The molecular formula is C15H20Cl2FN3OS. The van der Waals surface area contributed by atoms with Crippen molar-refractivity contribution >= 4 is 42.1 Å². The Morgan fingerprint density at radius 1 is 1.35 bits per heavy atom. The number of rotatable bonds is 6. The second kappa shape index (κ2) is 10.5. The number of carbonyl (C=O) groups is 1. The molecule has 8 heteroatoms. The van der Waals surface area contributed by atoms with Crippen LogP contribution in [-0.4, -0.2) is 30.0 Å². The minimum absolute atomic E-state index is 0. The SMILES string of the molecule is CCN[C@H](C)CNC(=O)c1cnc(-c2ccccc2F)s1.Cl.Cl. The fourth-order valence-corrected chi connectivity index (χ4v) is 2.75. The normalized spacial score (nSPS) is 11.1. The second-order valence-corrected chi connectivity index (χ2v) is 5.71. The summed E-state index contributed by atoms with van der Waals surface area (Å²) in [6.45, 7) is 5.41. The molecule has 0 spiro atoms. The number of halogens is 3. The molecule has 0 aliphatic heterocycles. The minimum Gasteiger partial charge on any atom is -0.350 e. The first-order valence-corrected chi connectivity index (χ1v) is 7.65. The van der Waals surface area contributed by atoms with Gasteiger partial charge in [-0.3, -0.25) is 4.79 Å². The van der Waals surface area contributed by atoms with Gasteiger partial charge in [-0.1, -0.05) is 19.1 Å². The maximum absolute atomic E-state index is 13.7. The molecular weight excluding hydrogens is 360 g/mol. The Kier molecular flexibility index (Phi) is 9.99. The van der Waals surface area contributed by atoms with Crippen LogP contribution in [0.3, 0.4) is 0 Å². The van der Waals surface area contributed by atoms with Gasteiger partial charge < -0.3 is 10.6 Å². The average Bonchev–Trinajstić information content (AvgIpc) is 2.95. The standard InChI is InChI=1S/C15H18FN3OS.2ClH/c1-3-17-10(2)8-18-14(20)13-9-19-15(21-13)11-6-4-5-7-12(11)16;;/h4-7,9-10,17H,3,8H2,1-2H3,(H,18,20);2*1H/t10-;;/m1../s1. The molecule has 0 unspecified atom stereocenters. The van der Waals surface area contributed by atoms with Crippen LogP contribution in [0.5, 0.6) is 0 Å². The number of nitrogens with one attached hydrogen (secondary N) is 2. The Labute approximate surface area is 151 Å². The summed E-state index contributed by atoms with van der Waals surface area (Å²) in [5.74, 6) is -0.514. The van der Waals surface area contributed by atoms with Gasteiger partial charge in [0.25, 0.3) is 5.91 Å². The van der Waals surface area contributed by atoms with Crippen molar-refractivity contribution in [1.82, 2.24) is 15.6 Å². The molecule has 1 heterocycles. The number of hydrogen-bond donors (Lipinski definition) is 2. The number of nitrogens with zero attached hydrogens (tertiary/aromatic N) is 1. The van der Waals surface area contributed by atoms with Crippen molar-refractivity contribution < 1.29 is 9.18 Å². The van der Waals surface area contributed by atoms with E-state index >= 15 is 0 Å². The summed E-state index contributed by atoms with van der Waals surface area (Å²) >= 11 is 1.19. The highest BCUT2D eigenvalue weighted by Gasteiger charge is 2.14. The summed E-state index contributed by atoms with van der Waals surface area (Å²) in [5.41, 5.74) is 0.419. The lowest BCUT2D eigenvalue weighted by Crippen LogP contribution is -2.38. The highest BCUT2D eigenvalue weighted by Crippen LogP contribution is 2.27. The van der Waals surface area contributed by atoms with Gasteiger partial charge in [-0.15, -0.1) is 36.2 Å². The van der Waals surface area contributed by atoms with Crippen LogP contribution < -0.4 is 10.6 Å². The fraction of sp³-hybridized carbons (Fsp3) is 0.333. The Bertz CT molecular complexity index is 624. The number of likely N-dealkylation sites (N-methyl/N-ethyl adjacent to an activating group) is 1. The van der Waals surface area contributed by atoms with Crippen LogP contribution >= 0.6 is 36.2 Å². The van der Waals surface area contributed by atoms with Crippen molar-refractivity contribution in [2.24, 2.45) is 0 Å². The van der Waals surface area contributed by atoms with Crippen molar-refractivity contribution in [2.45, 2.75) is 19.9 Å². The lowest BCUT2D eigenvalue weighted by atomic mass is 10.2. The number of amides is 1. The molecule has 0 bridgehead atoms. The zero-order chi connectivity index (χ0) is 15.2. The van der Waals surface area contributed by atoms with E-state index in [1.54, 1.807) is 18.2 Å². The molecule has 0 aliphatic rings. The first kappa shape index (κ1) is 21.8. The van der Waals surface area contributed by atoms with Crippen LogP contribution in [0.4, 0.5) is 4.39 Å². The lowest BCUT2D eigenvalue weighted by molar-refractivity contribution is 0.0954. The molecule has 4 nitrogen and oxygen atoms in total. The van der Waals surface area contributed by atoms with Gasteiger partial charge in [0.1, 0.15) is 15.7 Å². The quantitative estimate of drug-likeness (QED) is 0.806. The first-order valence-electron chi connectivity index (χ1n) is 6.84. The van der Waals surface area contributed by atoms with E-state index in [0.717, 1.165) is 6.54 Å². The van der Waals surface area contributed by atoms with Gasteiger partial charge in [0, 0.05) is 18.2 Å². The number of hydrogen-bond acceptors (Lipinski definition) is 4. The third kappa shape index (κ3) is 6.06.